The summed E-state index contributed by atoms with van der Waals surface area (Å²) >= 11 is 20.6. The highest BCUT2D eigenvalue weighted by molar-refractivity contribution is 6.32. The van der Waals surface area contributed by atoms with Gasteiger partial charge in [-0.15, -0.1) is 0 Å². The second kappa shape index (κ2) is 41.6. The molecule has 0 radical (unpaired) electrons. The summed E-state index contributed by atoms with van der Waals surface area (Å²) in [5.41, 5.74) is 3.28. The van der Waals surface area contributed by atoms with Crippen LogP contribution >= 0.6 is 34.8 Å². The summed E-state index contributed by atoms with van der Waals surface area (Å²) in [6, 6.07) is 12.5. The number of amides is 7. The van der Waals surface area contributed by atoms with Crippen molar-refractivity contribution in [3.05, 3.63) is 175 Å². The van der Waals surface area contributed by atoms with Crippen molar-refractivity contribution in [2.45, 2.75) is 200 Å². The quantitative estimate of drug-likeness (QED) is 0.0378. The molecular formula is C88H101Cl3N10O30. The minimum atomic E-state index is -2.44. The van der Waals surface area contributed by atoms with Crippen LogP contribution in [0.3, 0.4) is 0 Å². The summed E-state index contributed by atoms with van der Waals surface area (Å²) in [4.78, 5) is 120. The molecule has 11 bridgehead atoms. The van der Waals surface area contributed by atoms with Crippen molar-refractivity contribution in [2.24, 2.45) is 11.7 Å². The van der Waals surface area contributed by atoms with E-state index < -0.39 is 297 Å². The molecule has 0 unspecified atom stereocenters. The Kier molecular flexibility index (Phi) is 31.0. The van der Waals surface area contributed by atoms with Crippen LogP contribution in [0.1, 0.15) is 116 Å². The van der Waals surface area contributed by atoms with E-state index in [-0.39, 0.29) is 55.3 Å². The van der Waals surface area contributed by atoms with Gasteiger partial charge in [0.2, 0.25) is 53.4 Å². The van der Waals surface area contributed by atoms with Crippen LogP contribution in [0, 0.1) is 5.92 Å². The van der Waals surface area contributed by atoms with Gasteiger partial charge in [-0.1, -0.05) is 103 Å². The Balaban J connectivity index is 0.962. The molecular weight excluding hydrogens is 1780 g/mol. The maximum atomic E-state index is 16.5. The molecule has 704 valence electrons. The summed E-state index contributed by atoms with van der Waals surface area (Å²) in [7, 11) is 1.46. The number of halogens is 3. The van der Waals surface area contributed by atoms with Gasteiger partial charge in [0.15, 0.2) is 36.2 Å². The molecule has 0 aliphatic carbocycles. The molecule has 7 amide bonds. The van der Waals surface area contributed by atoms with Gasteiger partial charge in [0.1, 0.15) is 114 Å². The van der Waals surface area contributed by atoms with Gasteiger partial charge in [0.05, 0.1) is 60.1 Å². The summed E-state index contributed by atoms with van der Waals surface area (Å²) in [6.07, 6.45) is -27.4. The number of fused-ring (bicyclic) bond motifs is 15. The minimum absolute atomic E-state index is 0.135. The monoisotopic (exact) mass is 1880 g/mol. The van der Waals surface area contributed by atoms with Crippen molar-refractivity contribution in [2.75, 3.05) is 33.4 Å². The summed E-state index contributed by atoms with van der Waals surface area (Å²) < 4.78 is 50.6. The number of carboxylic acid groups (broad SMARTS) is 1. The summed E-state index contributed by atoms with van der Waals surface area (Å²) in [5.74, 6) is -17.0. The fraction of sp³-hybridized carbons (Fsp3) is 0.432. The first-order valence-electron chi connectivity index (χ1n) is 41.7. The van der Waals surface area contributed by atoms with Gasteiger partial charge < -0.3 is 163 Å². The molecule has 8 heterocycles. The van der Waals surface area contributed by atoms with Crippen LogP contribution in [-0.2, 0) is 75.1 Å². The van der Waals surface area contributed by atoms with E-state index in [1.165, 1.54) is 19.2 Å². The second-order valence-corrected chi connectivity index (χ2v) is 34.4. The molecule has 0 spiro atoms. The van der Waals surface area contributed by atoms with Gasteiger partial charge in [-0.3, -0.25) is 33.6 Å². The van der Waals surface area contributed by atoms with Gasteiger partial charge in [0, 0.05) is 53.3 Å². The van der Waals surface area contributed by atoms with Crippen molar-refractivity contribution in [3.8, 4) is 68.2 Å². The first kappa shape index (κ1) is 97.8. The SMILES string of the molecule is CN[C@H](CC(C)C)C(=O)N[C@H]1C(=O)N[C@@H](CC(N)=O)C(=O)N[C@H]2C(=O)N[C@H]3C(=O)N[C@H](C(=O)N[C@H](C(=O)O)c4cc(O)c(CNCCO[C@@H]5O[C@H](CO)[C@H](O)[C@H](O)[C@H]5O)c(O)c4-c4cc3ccc4O)[C@H](O)c3ccc(c(Cl)c3)Oc3cc2cc(c3O[C@@H]2O[C@H](CO)[C@@H](O)[C@H](O)[C@H]2O[C@H]2C[C@](C)(NCc3ccc(-c4ccc(Cl)cc4)cc3)[C@H](O)[C@H](C)O2)Oc2ccc(cc2Cl)[C@H]1O. The van der Waals surface area contributed by atoms with Crippen molar-refractivity contribution in [1.29, 1.82) is 0 Å². The van der Waals surface area contributed by atoms with Crippen LogP contribution in [-0.4, -0.2) is 262 Å². The van der Waals surface area contributed by atoms with E-state index >= 15 is 24.0 Å². The van der Waals surface area contributed by atoms with Crippen LogP contribution < -0.4 is 67.8 Å². The fourth-order valence-corrected chi connectivity index (χ4v) is 16.9. The smallest absolute Gasteiger partial charge is 0.330 e. The molecule has 7 aromatic rings. The molecule has 15 rings (SSSR count). The van der Waals surface area contributed by atoms with Crippen LogP contribution in [0.5, 0.6) is 46.0 Å². The van der Waals surface area contributed by atoms with Crippen molar-refractivity contribution >= 4 is 82.1 Å². The number of ether oxygens (including phenoxy) is 8. The van der Waals surface area contributed by atoms with E-state index in [1.807, 2.05) is 36.4 Å². The molecule has 7 aromatic carbocycles. The highest BCUT2D eigenvalue weighted by Gasteiger charge is 2.53. The Hall–Kier alpha value is -10.8. The number of aliphatic carboxylic acids is 1. The van der Waals surface area contributed by atoms with Gasteiger partial charge in [-0.05, 0) is 139 Å². The van der Waals surface area contributed by atoms with E-state index in [9.17, 15) is 85.9 Å². The zero-order valence-corrected chi connectivity index (χ0v) is 73.0. The molecule has 8 aliphatic rings. The highest BCUT2D eigenvalue weighted by atomic mass is 35.5. The topological polar surface area (TPSA) is 628 Å². The number of hydrogen-bond acceptors (Lipinski definition) is 32. The Morgan fingerprint density at radius 1 is 0.618 bits per heavy atom. The first-order chi connectivity index (χ1) is 62.3. The molecule has 3 fully saturated rings. The van der Waals surface area contributed by atoms with E-state index in [0.717, 1.165) is 77.4 Å². The number of phenolic OH excluding ortho intramolecular Hbond substituents is 3. The zero-order valence-electron chi connectivity index (χ0n) is 70.7. The van der Waals surface area contributed by atoms with Gasteiger partial charge in [-0.25, -0.2) is 4.79 Å². The lowest BCUT2D eigenvalue weighted by molar-refractivity contribution is -0.334. The molecule has 0 saturated carbocycles. The largest absolute Gasteiger partial charge is 0.507 e. The number of hydrogen-bond donors (Lipinski definition) is 24. The number of aliphatic hydroxyl groups excluding tert-OH is 10. The Morgan fingerprint density at radius 3 is 1.81 bits per heavy atom. The number of nitrogens with two attached hydrogens (primary N) is 1. The number of rotatable bonds is 24. The number of carbonyl (C=O) groups excluding carboxylic acids is 7. The summed E-state index contributed by atoms with van der Waals surface area (Å²) in [5, 5.41) is 184. The molecule has 43 heteroatoms. The lowest BCUT2D eigenvalue weighted by Crippen LogP contribution is -2.65. The summed E-state index contributed by atoms with van der Waals surface area (Å²) in [6.45, 7) is 4.09. The lowest BCUT2D eigenvalue weighted by Gasteiger charge is -2.48. The Morgan fingerprint density at radius 2 is 1.21 bits per heavy atom. The molecule has 40 nitrogen and oxygen atoms in total. The minimum Gasteiger partial charge on any atom is -0.507 e. The van der Waals surface area contributed by atoms with Crippen molar-refractivity contribution in [1.82, 2.24) is 47.9 Å². The Bertz CT molecular complexity index is 5400. The van der Waals surface area contributed by atoms with Crippen molar-refractivity contribution < 1.29 is 148 Å². The average molecular weight is 1890 g/mol. The number of primary amides is 1. The molecule has 8 aliphatic heterocycles. The number of benzene rings is 7. The maximum Gasteiger partial charge on any atom is 0.330 e. The van der Waals surface area contributed by atoms with Crippen LogP contribution in [0.25, 0.3) is 22.3 Å². The normalized spacial score (nSPS) is 28.9. The standard InChI is InChI=1S/C88H101Cl3N10O30/c1-35(2)22-50(93-5)79(116)100-66-68(107)41-13-18-54(48(90)24-41)126-56-26-43-27-57(76(56)131-87-77(74(113)72(111)59(34-103)129-87)130-61-30-88(4,78(115)36(3)125-61)95-31-37-6-8-38(9-7-37)39-10-15-44(89)16-11-39)127-55-19-14-42(25-49(55)91)69(108)67-84(121)99-65(85(122)123)46-28-53(105)47(32-94-20-21-124-86-75(114)73(112)71(110)58(33-102)128-86)70(109)62(46)45-23-40(12-17-52(45)104)63(81(118)101-67)98-82(119)64(43)97-80(117)51(29-60(92)106)96-83(66)120/h6-19,23-28,35-36,50-51,58-59,61,63-69,71-75,77-78,86-87,93-95,102-105,107-115H,20-22,29-34H2,1-5H3,(H2,92,106)(H,96,120)(H,97,117)(H,98,119)(H,99,121)(H,100,116)(H,101,118)(H,122,123)/t36-,50+,51-,58+,59+,61-,63+,64+,65-,66+,67-,68+,69+,71-,72+,73-,74-,75+,77+,78+,86+,87-,88-/m0/s1. The molecule has 23 atom stereocenters. The van der Waals surface area contributed by atoms with Crippen molar-refractivity contribution in [3.63, 3.8) is 0 Å². The van der Waals surface area contributed by atoms with Gasteiger partial charge in [0.25, 0.3) is 0 Å². The predicted molar refractivity (Wildman–Crippen MR) is 460 cm³/mol. The van der Waals surface area contributed by atoms with Crippen LogP contribution in [0.2, 0.25) is 15.1 Å². The van der Waals surface area contributed by atoms with Gasteiger partial charge >= 0.3 is 5.97 Å². The van der Waals surface area contributed by atoms with Gasteiger partial charge in [-0.2, -0.15) is 0 Å². The molecule has 3 saturated heterocycles. The van der Waals surface area contributed by atoms with E-state index in [0.29, 0.717) is 5.02 Å². The maximum absolute atomic E-state index is 16.5. The third kappa shape index (κ3) is 21.6. The number of phenols is 3. The number of aromatic hydroxyl groups is 3. The van der Waals surface area contributed by atoms with E-state index in [4.69, 9.17) is 78.4 Å². The number of nitrogens with one attached hydrogen (secondary N) is 9. The predicted octanol–water partition coefficient (Wildman–Crippen LogP) is 1.16. The van der Waals surface area contributed by atoms with E-state index in [2.05, 4.69) is 47.9 Å². The van der Waals surface area contributed by atoms with E-state index in [1.54, 1.807) is 39.8 Å². The average Bonchev–Trinajstić information content (AvgIpc) is 0.758. The lowest BCUT2D eigenvalue weighted by atomic mass is 9.84. The molecule has 0 aromatic heterocycles. The van der Waals surface area contributed by atoms with Crippen LogP contribution in [0.15, 0.2) is 121 Å². The number of carbonyl (C=O) groups is 8. The second-order valence-electron chi connectivity index (χ2n) is 33.2. The highest BCUT2D eigenvalue weighted by Crippen LogP contribution is 2.51. The third-order valence-corrected chi connectivity index (χ3v) is 24.4. The zero-order chi connectivity index (χ0) is 94.6. The number of aliphatic hydroxyl groups is 10. The Labute approximate surface area is 762 Å². The third-order valence-electron chi connectivity index (χ3n) is 23.6. The first-order valence-corrected chi connectivity index (χ1v) is 42.8. The molecule has 25 N–H and O–H groups in total. The molecule has 131 heavy (non-hydrogen) atoms. The number of likely N-dealkylation sites (N-methyl/N-ethyl adjacent to an activating group) is 1. The van der Waals surface area contributed by atoms with Crippen LogP contribution in [0.4, 0.5) is 0 Å². The fourth-order valence-electron chi connectivity index (χ4n) is 16.3. The number of carboxylic acids is 1.